The summed E-state index contributed by atoms with van der Waals surface area (Å²) in [6, 6.07) is 4.53. The van der Waals surface area contributed by atoms with E-state index in [1.165, 1.54) is 25.0 Å². The van der Waals surface area contributed by atoms with Crippen LogP contribution in [0, 0.1) is 28.4 Å². The summed E-state index contributed by atoms with van der Waals surface area (Å²) in [7, 11) is 0. The normalized spacial score (nSPS) is 13.6. The molecule has 1 fully saturated rings. The van der Waals surface area contributed by atoms with Crippen molar-refractivity contribution < 1.29 is 9.72 Å². The minimum Gasteiger partial charge on any atom is -0.360 e. The Morgan fingerprint density at radius 1 is 1.53 bits per heavy atom. The Kier molecular flexibility index (Phi) is 3.81. The predicted octanol–water partition coefficient (Wildman–Crippen LogP) is 2.26. The van der Waals surface area contributed by atoms with Crippen LogP contribution in [0.15, 0.2) is 18.2 Å². The number of aldehydes is 1. The Morgan fingerprint density at radius 2 is 2.26 bits per heavy atom. The van der Waals surface area contributed by atoms with E-state index in [2.05, 4.69) is 5.92 Å². The standard InChI is InChI=1S/C14H14N2O3/c1-2-7-15(9-11-3-4-11)13-5-6-14(16(18)19)12(8-13)10-17/h1,5-6,8,10-11H,3-4,7,9H2. The van der Waals surface area contributed by atoms with Crippen LogP contribution in [0.3, 0.4) is 0 Å². The van der Waals surface area contributed by atoms with E-state index >= 15 is 0 Å². The van der Waals surface area contributed by atoms with Gasteiger partial charge >= 0.3 is 0 Å². The highest BCUT2D eigenvalue weighted by Gasteiger charge is 2.25. The highest BCUT2D eigenvalue weighted by atomic mass is 16.6. The van der Waals surface area contributed by atoms with Gasteiger partial charge in [0.25, 0.3) is 5.69 Å². The molecular formula is C14H14N2O3. The van der Waals surface area contributed by atoms with Gasteiger partial charge in [-0.2, -0.15) is 0 Å². The molecule has 1 aromatic rings. The molecule has 0 radical (unpaired) electrons. The molecular weight excluding hydrogens is 244 g/mol. The van der Waals surface area contributed by atoms with E-state index < -0.39 is 4.92 Å². The van der Waals surface area contributed by atoms with Crippen LogP contribution in [0.4, 0.5) is 11.4 Å². The van der Waals surface area contributed by atoms with Crippen molar-refractivity contribution in [2.24, 2.45) is 5.92 Å². The average Bonchev–Trinajstić information content (AvgIpc) is 3.21. The minimum absolute atomic E-state index is 0.0836. The van der Waals surface area contributed by atoms with Gasteiger partial charge in [0.15, 0.2) is 6.29 Å². The maximum Gasteiger partial charge on any atom is 0.280 e. The SMILES string of the molecule is C#CCN(CC1CC1)c1ccc([N+](=O)[O-])c(C=O)c1. The molecule has 1 aliphatic carbocycles. The number of benzene rings is 1. The highest BCUT2D eigenvalue weighted by molar-refractivity contribution is 5.83. The second kappa shape index (κ2) is 5.53. The first-order valence-corrected chi connectivity index (χ1v) is 6.07. The van der Waals surface area contributed by atoms with Gasteiger partial charge in [0.05, 0.1) is 17.0 Å². The topological polar surface area (TPSA) is 63.4 Å². The summed E-state index contributed by atoms with van der Waals surface area (Å²) in [6.07, 6.45) is 8.23. The number of nitrogens with zero attached hydrogens (tertiary/aromatic N) is 2. The first-order valence-electron chi connectivity index (χ1n) is 6.07. The van der Waals surface area contributed by atoms with Crippen molar-refractivity contribution in [3.8, 4) is 12.3 Å². The van der Waals surface area contributed by atoms with Gasteiger partial charge in [0.1, 0.15) is 0 Å². The number of rotatable bonds is 6. The number of terminal acetylenes is 1. The average molecular weight is 258 g/mol. The zero-order valence-electron chi connectivity index (χ0n) is 10.4. The van der Waals surface area contributed by atoms with Gasteiger partial charge in [-0.1, -0.05) is 5.92 Å². The Labute approximate surface area is 111 Å². The van der Waals surface area contributed by atoms with E-state index in [1.807, 2.05) is 4.90 Å². The van der Waals surface area contributed by atoms with Gasteiger partial charge in [0, 0.05) is 18.3 Å². The van der Waals surface area contributed by atoms with E-state index in [0.29, 0.717) is 18.7 Å². The molecule has 1 saturated carbocycles. The number of hydrogen-bond donors (Lipinski definition) is 0. The third-order valence-corrected chi connectivity index (χ3v) is 3.16. The van der Waals surface area contributed by atoms with Crippen molar-refractivity contribution in [1.82, 2.24) is 0 Å². The molecule has 0 heterocycles. The highest BCUT2D eigenvalue weighted by Crippen LogP contribution is 2.32. The second-order valence-electron chi connectivity index (χ2n) is 4.65. The third kappa shape index (κ3) is 3.10. The van der Waals surface area contributed by atoms with E-state index in [-0.39, 0.29) is 11.3 Å². The molecule has 19 heavy (non-hydrogen) atoms. The molecule has 1 aliphatic rings. The maximum absolute atomic E-state index is 10.9. The number of anilines is 1. The summed E-state index contributed by atoms with van der Waals surface area (Å²) in [4.78, 5) is 23.1. The molecule has 0 aromatic heterocycles. The molecule has 0 spiro atoms. The van der Waals surface area contributed by atoms with Crippen molar-refractivity contribution in [1.29, 1.82) is 0 Å². The van der Waals surface area contributed by atoms with Crippen molar-refractivity contribution in [2.45, 2.75) is 12.8 Å². The number of nitro groups is 1. The lowest BCUT2D eigenvalue weighted by Crippen LogP contribution is -2.26. The molecule has 0 amide bonds. The zero-order chi connectivity index (χ0) is 13.8. The summed E-state index contributed by atoms with van der Waals surface area (Å²) < 4.78 is 0. The Bertz CT molecular complexity index is 544. The monoisotopic (exact) mass is 258 g/mol. The van der Waals surface area contributed by atoms with Crippen LogP contribution >= 0.6 is 0 Å². The molecule has 0 saturated heterocycles. The molecule has 1 aromatic carbocycles. The smallest absolute Gasteiger partial charge is 0.280 e. The second-order valence-corrected chi connectivity index (χ2v) is 4.65. The fourth-order valence-corrected chi connectivity index (χ4v) is 1.98. The summed E-state index contributed by atoms with van der Waals surface area (Å²) >= 11 is 0. The first-order chi connectivity index (χ1) is 9.15. The van der Waals surface area contributed by atoms with E-state index in [4.69, 9.17) is 6.42 Å². The van der Waals surface area contributed by atoms with Crippen molar-refractivity contribution in [2.75, 3.05) is 18.0 Å². The van der Waals surface area contributed by atoms with E-state index in [0.717, 1.165) is 12.2 Å². The lowest BCUT2D eigenvalue weighted by atomic mass is 10.1. The minimum atomic E-state index is -0.556. The van der Waals surface area contributed by atoms with Crippen LogP contribution in [0.25, 0.3) is 0 Å². The van der Waals surface area contributed by atoms with Crippen LogP contribution in [-0.4, -0.2) is 24.3 Å². The molecule has 2 rings (SSSR count). The molecule has 0 atom stereocenters. The molecule has 5 nitrogen and oxygen atoms in total. The number of nitro benzene ring substituents is 1. The number of carbonyl (C=O) groups is 1. The lowest BCUT2D eigenvalue weighted by Gasteiger charge is -2.22. The summed E-state index contributed by atoms with van der Waals surface area (Å²) in [5, 5.41) is 10.8. The molecule has 98 valence electrons. The van der Waals surface area contributed by atoms with Crippen LogP contribution < -0.4 is 4.90 Å². The Morgan fingerprint density at radius 3 is 2.79 bits per heavy atom. The maximum atomic E-state index is 10.9. The van der Waals surface area contributed by atoms with Gasteiger partial charge in [0.2, 0.25) is 0 Å². The molecule has 0 aliphatic heterocycles. The van der Waals surface area contributed by atoms with Crippen LogP contribution in [0.5, 0.6) is 0 Å². The molecule has 0 N–H and O–H groups in total. The van der Waals surface area contributed by atoms with Crippen molar-refractivity contribution >= 4 is 17.7 Å². The molecule has 0 bridgehead atoms. The predicted molar refractivity (Wildman–Crippen MR) is 72.3 cm³/mol. The van der Waals surface area contributed by atoms with Gasteiger partial charge < -0.3 is 4.90 Å². The summed E-state index contributed by atoms with van der Waals surface area (Å²) in [5.74, 6) is 3.22. The largest absolute Gasteiger partial charge is 0.360 e. The number of carbonyl (C=O) groups excluding carboxylic acids is 1. The zero-order valence-corrected chi connectivity index (χ0v) is 10.4. The van der Waals surface area contributed by atoms with E-state index in [9.17, 15) is 14.9 Å². The number of hydrogen-bond acceptors (Lipinski definition) is 4. The quantitative estimate of drug-likeness (QED) is 0.340. The fraction of sp³-hybridized carbons (Fsp3) is 0.357. The fourth-order valence-electron chi connectivity index (χ4n) is 1.98. The summed E-state index contributed by atoms with van der Waals surface area (Å²) in [5.41, 5.74) is 0.670. The summed E-state index contributed by atoms with van der Waals surface area (Å²) in [6.45, 7) is 1.27. The molecule has 5 heteroatoms. The van der Waals surface area contributed by atoms with E-state index in [1.54, 1.807) is 6.07 Å². The lowest BCUT2D eigenvalue weighted by molar-refractivity contribution is -0.385. The van der Waals surface area contributed by atoms with Crippen molar-refractivity contribution in [3.05, 3.63) is 33.9 Å². The Balaban J connectivity index is 2.29. The first kappa shape index (κ1) is 13.1. The van der Waals surface area contributed by atoms with Gasteiger partial charge in [-0.25, -0.2) is 0 Å². The molecule has 0 unspecified atom stereocenters. The van der Waals surface area contributed by atoms with Crippen LogP contribution in [0.2, 0.25) is 0 Å². The van der Waals surface area contributed by atoms with Crippen LogP contribution in [0.1, 0.15) is 23.2 Å². The Hall–Kier alpha value is -2.35. The van der Waals surface area contributed by atoms with Crippen LogP contribution in [-0.2, 0) is 0 Å². The van der Waals surface area contributed by atoms with Crippen molar-refractivity contribution in [3.63, 3.8) is 0 Å². The van der Waals surface area contributed by atoms with Gasteiger partial charge in [-0.05, 0) is 30.9 Å². The third-order valence-electron chi connectivity index (χ3n) is 3.16. The van der Waals surface area contributed by atoms with Gasteiger partial charge in [-0.3, -0.25) is 14.9 Å². The van der Waals surface area contributed by atoms with Gasteiger partial charge in [-0.15, -0.1) is 6.42 Å².